The van der Waals surface area contributed by atoms with Crippen molar-refractivity contribution in [2.75, 3.05) is 10.6 Å². The van der Waals surface area contributed by atoms with Crippen molar-refractivity contribution in [1.29, 1.82) is 0 Å². The first-order chi connectivity index (χ1) is 12.9. The Bertz CT molecular complexity index is 983. The van der Waals surface area contributed by atoms with Gasteiger partial charge in [0.15, 0.2) is 5.13 Å². The monoisotopic (exact) mass is 383 g/mol. The van der Waals surface area contributed by atoms with E-state index < -0.39 is 5.82 Å². The van der Waals surface area contributed by atoms with E-state index >= 15 is 0 Å². The van der Waals surface area contributed by atoms with E-state index in [1.165, 1.54) is 24.3 Å². The number of nitrogens with zero attached hydrogens (tertiary/aromatic N) is 1. The summed E-state index contributed by atoms with van der Waals surface area (Å²) in [7, 11) is 0. The van der Waals surface area contributed by atoms with Crippen molar-refractivity contribution in [3.8, 4) is 11.3 Å². The summed E-state index contributed by atoms with van der Waals surface area (Å²) in [6.45, 7) is 3.35. The fraction of sp³-hybridized carbons (Fsp3) is 0.150. The second-order valence-electron chi connectivity index (χ2n) is 6.12. The van der Waals surface area contributed by atoms with Gasteiger partial charge in [-0.1, -0.05) is 29.8 Å². The number of halogens is 1. The number of aromatic nitrogens is 1. The number of benzene rings is 2. The normalized spacial score (nSPS) is 10.5. The maximum atomic E-state index is 14.3. The number of hydrogen-bond donors (Lipinski definition) is 2. The van der Waals surface area contributed by atoms with Crippen LogP contribution in [0.2, 0.25) is 0 Å². The molecule has 0 saturated heterocycles. The molecule has 0 spiro atoms. The molecule has 2 amide bonds. The molecular formula is C20H18FN3O2S. The third-order valence-electron chi connectivity index (χ3n) is 3.80. The minimum Gasteiger partial charge on any atom is -0.326 e. The van der Waals surface area contributed by atoms with Crippen molar-refractivity contribution in [3.05, 3.63) is 64.8 Å². The topological polar surface area (TPSA) is 71.1 Å². The van der Waals surface area contributed by atoms with E-state index in [9.17, 15) is 14.0 Å². The Labute approximate surface area is 160 Å². The van der Waals surface area contributed by atoms with E-state index in [1.54, 1.807) is 17.5 Å². The molecule has 2 aromatic carbocycles. The molecule has 138 valence electrons. The van der Waals surface area contributed by atoms with Gasteiger partial charge in [-0.25, -0.2) is 9.37 Å². The van der Waals surface area contributed by atoms with Crippen LogP contribution in [0.4, 0.5) is 15.2 Å². The van der Waals surface area contributed by atoms with Gasteiger partial charge in [0, 0.05) is 23.6 Å². The molecule has 3 aromatic rings. The van der Waals surface area contributed by atoms with Gasteiger partial charge in [-0.3, -0.25) is 9.59 Å². The van der Waals surface area contributed by atoms with Gasteiger partial charge in [-0.2, -0.15) is 0 Å². The van der Waals surface area contributed by atoms with Gasteiger partial charge in [0.1, 0.15) is 5.82 Å². The Morgan fingerprint density at radius 1 is 1.11 bits per heavy atom. The standard InChI is InChI=1S/C20H18FN3O2S/c1-12-3-5-14(6-4-12)9-19(26)24-20-23-18(11-27-20)16-8-7-15(10-17(16)21)22-13(2)25/h3-8,10-11H,9H2,1-2H3,(H,22,25)(H,23,24,26). The minimum atomic E-state index is -0.496. The summed E-state index contributed by atoms with van der Waals surface area (Å²) in [5.41, 5.74) is 3.16. The van der Waals surface area contributed by atoms with Gasteiger partial charge >= 0.3 is 0 Å². The molecule has 0 aliphatic carbocycles. The molecule has 0 unspecified atom stereocenters. The molecule has 3 rings (SSSR count). The smallest absolute Gasteiger partial charge is 0.230 e. The van der Waals surface area contributed by atoms with E-state index in [0.29, 0.717) is 22.1 Å². The average molecular weight is 383 g/mol. The van der Waals surface area contributed by atoms with Crippen molar-refractivity contribution in [2.24, 2.45) is 0 Å². The van der Waals surface area contributed by atoms with Crippen LogP contribution >= 0.6 is 11.3 Å². The van der Waals surface area contributed by atoms with Crippen LogP contribution in [-0.2, 0) is 16.0 Å². The third kappa shape index (κ3) is 4.98. The molecule has 1 aromatic heterocycles. The SMILES string of the molecule is CC(=O)Nc1ccc(-c2csc(NC(=O)Cc3ccc(C)cc3)n2)c(F)c1. The molecule has 0 atom stereocenters. The fourth-order valence-corrected chi connectivity index (χ4v) is 3.24. The van der Waals surface area contributed by atoms with Gasteiger partial charge in [0.25, 0.3) is 0 Å². The fourth-order valence-electron chi connectivity index (χ4n) is 2.51. The zero-order valence-electron chi connectivity index (χ0n) is 14.9. The van der Waals surface area contributed by atoms with E-state index in [4.69, 9.17) is 0 Å². The molecule has 0 fully saturated rings. The Morgan fingerprint density at radius 2 is 1.85 bits per heavy atom. The van der Waals surface area contributed by atoms with E-state index in [-0.39, 0.29) is 18.2 Å². The molecule has 0 aliphatic heterocycles. The molecule has 2 N–H and O–H groups in total. The maximum Gasteiger partial charge on any atom is 0.230 e. The van der Waals surface area contributed by atoms with Crippen LogP contribution in [0.3, 0.4) is 0 Å². The third-order valence-corrected chi connectivity index (χ3v) is 4.56. The lowest BCUT2D eigenvalue weighted by Gasteiger charge is -2.05. The average Bonchev–Trinajstić information content (AvgIpc) is 3.04. The first-order valence-electron chi connectivity index (χ1n) is 8.29. The molecule has 1 heterocycles. The highest BCUT2D eigenvalue weighted by molar-refractivity contribution is 7.14. The van der Waals surface area contributed by atoms with Crippen LogP contribution in [0, 0.1) is 12.7 Å². The lowest BCUT2D eigenvalue weighted by Crippen LogP contribution is -2.14. The van der Waals surface area contributed by atoms with Crippen LogP contribution < -0.4 is 10.6 Å². The van der Waals surface area contributed by atoms with Crippen LogP contribution in [-0.4, -0.2) is 16.8 Å². The molecule has 7 heteroatoms. The van der Waals surface area contributed by atoms with Crippen molar-refractivity contribution >= 4 is 34.0 Å². The van der Waals surface area contributed by atoms with Crippen molar-refractivity contribution in [3.63, 3.8) is 0 Å². The highest BCUT2D eigenvalue weighted by atomic mass is 32.1. The molecule has 0 radical (unpaired) electrons. The zero-order chi connectivity index (χ0) is 19.4. The lowest BCUT2D eigenvalue weighted by atomic mass is 10.1. The Balaban J connectivity index is 1.68. The van der Waals surface area contributed by atoms with Gasteiger partial charge < -0.3 is 10.6 Å². The van der Waals surface area contributed by atoms with Crippen LogP contribution in [0.1, 0.15) is 18.1 Å². The lowest BCUT2D eigenvalue weighted by molar-refractivity contribution is -0.116. The zero-order valence-corrected chi connectivity index (χ0v) is 15.7. The van der Waals surface area contributed by atoms with Crippen molar-refractivity contribution < 1.29 is 14.0 Å². The predicted molar refractivity (Wildman–Crippen MR) is 105 cm³/mol. The second kappa shape index (κ2) is 8.09. The second-order valence-corrected chi connectivity index (χ2v) is 6.98. The van der Waals surface area contributed by atoms with Crippen molar-refractivity contribution in [1.82, 2.24) is 4.98 Å². The summed E-state index contributed by atoms with van der Waals surface area (Å²) < 4.78 is 14.3. The summed E-state index contributed by atoms with van der Waals surface area (Å²) in [5.74, 6) is -0.945. The van der Waals surface area contributed by atoms with Gasteiger partial charge in [-0.15, -0.1) is 11.3 Å². The van der Waals surface area contributed by atoms with Crippen LogP contribution in [0.5, 0.6) is 0 Å². The maximum absolute atomic E-state index is 14.3. The van der Waals surface area contributed by atoms with E-state index in [1.807, 2.05) is 31.2 Å². The Kier molecular flexibility index (Phi) is 5.61. The van der Waals surface area contributed by atoms with Gasteiger partial charge in [-0.05, 0) is 30.7 Å². The molecule has 0 aliphatic rings. The number of amides is 2. The summed E-state index contributed by atoms with van der Waals surface area (Å²) >= 11 is 1.23. The van der Waals surface area contributed by atoms with Gasteiger partial charge in [0.2, 0.25) is 11.8 Å². The summed E-state index contributed by atoms with van der Waals surface area (Å²) in [6.07, 6.45) is 0.245. The quantitative estimate of drug-likeness (QED) is 0.686. The largest absolute Gasteiger partial charge is 0.326 e. The number of hydrogen-bond acceptors (Lipinski definition) is 4. The highest BCUT2D eigenvalue weighted by Crippen LogP contribution is 2.28. The molecule has 27 heavy (non-hydrogen) atoms. The highest BCUT2D eigenvalue weighted by Gasteiger charge is 2.12. The molecule has 0 bridgehead atoms. The first kappa shape index (κ1) is 18.7. The molecule has 5 nitrogen and oxygen atoms in total. The van der Waals surface area contributed by atoms with E-state index in [0.717, 1.165) is 11.1 Å². The summed E-state index contributed by atoms with van der Waals surface area (Å²) in [6, 6.07) is 12.1. The molecular weight excluding hydrogens is 365 g/mol. The van der Waals surface area contributed by atoms with E-state index in [2.05, 4.69) is 15.6 Å². The first-order valence-corrected chi connectivity index (χ1v) is 9.17. The summed E-state index contributed by atoms with van der Waals surface area (Å²) in [4.78, 5) is 27.5. The number of carbonyl (C=O) groups is 2. The number of aryl methyl sites for hydroxylation is 1. The van der Waals surface area contributed by atoms with Crippen molar-refractivity contribution in [2.45, 2.75) is 20.3 Å². The minimum absolute atomic E-state index is 0.179. The predicted octanol–water partition coefficient (Wildman–Crippen LogP) is 4.40. The van der Waals surface area contributed by atoms with Crippen LogP contribution in [0.15, 0.2) is 47.8 Å². The number of nitrogens with one attached hydrogen (secondary N) is 2. The molecule has 0 saturated carbocycles. The van der Waals surface area contributed by atoms with Crippen LogP contribution in [0.25, 0.3) is 11.3 Å². The Hall–Kier alpha value is -3.06. The number of thiazole rings is 1. The number of carbonyl (C=O) groups excluding carboxylic acids is 2. The number of anilines is 2. The number of rotatable bonds is 5. The summed E-state index contributed by atoms with van der Waals surface area (Å²) in [5, 5.41) is 7.36. The van der Waals surface area contributed by atoms with Gasteiger partial charge in [0.05, 0.1) is 12.1 Å². The Morgan fingerprint density at radius 3 is 2.52 bits per heavy atom.